The van der Waals surface area contributed by atoms with Crippen molar-refractivity contribution in [3.63, 3.8) is 0 Å². The number of nitrogens with zero attached hydrogens (tertiary/aromatic N) is 3. The van der Waals surface area contributed by atoms with Gasteiger partial charge >= 0.3 is 0 Å². The number of rotatable bonds is 6. The fraction of sp³-hybridized carbons (Fsp3) is 0.320. The summed E-state index contributed by atoms with van der Waals surface area (Å²) in [7, 11) is 1.66. The monoisotopic (exact) mass is 434 g/mol. The molecule has 3 aromatic rings. The Morgan fingerprint density at radius 2 is 2.06 bits per heavy atom. The van der Waals surface area contributed by atoms with Gasteiger partial charge in [0.05, 0.1) is 12.6 Å². The lowest BCUT2D eigenvalue weighted by Gasteiger charge is -2.31. The van der Waals surface area contributed by atoms with E-state index in [2.05, 4.69) is 27.9 Å². The van der Waals surface area contributed by atoms with E-state index in [0.29, 0.717) is 17.3 Å². The smallest absolute Gasteiger partial charge is 0.245 e. The largest absolute Gasteiger partial charge is 0.496 e. The normalized spacial score (nSPS) is 14.4. The molecule has 1 N–H and O–H groups in total. The van der Waals surface area contributed by atoms with E-state index in [1.807, 2.05) is 11.0 Å². The van der Waals surface area contributed by atoms with Gasteiger partial charge in [0, 0.05) is 30.2 Å². The Bertz CT molecular complexity index is 1160. The van der Waals surface area contributed by atoms with E-state index in [4.69, 9.17) is 4.74 Å². The van der Waals surface area contributed by atoms with Crippen LogP contribution >= 0.6 is 0 Å². The highest BCUT2D eigenvalue weighted by atomic mass is 19.1. The average molecular weight is 435 g/mol. The molecule has 1 amide bonds. The molecule has 7 heteroatoms. The maximum Gasteiger partial charge on any atom is 0.245 e. The SMILES string of the molecule is C=CC(=O)N1CCC(Cc2cc3c(Nc4ccc(F)c(C)c4)ncnc3cc2OC)CC1. The highest BCUT2D eigenvalue weighted by molar-refractivity contribution is 5.92. The van der Waals surface area contributed by atoms with Crippen molar-refractivity contribution in [1.29, 1.82) is 0 Å². The number of halogens is 1. The van der Waals surface area contributed by atoms with E-state index in [1.54, 1.807) is 26.2 Å². The maximum absolute atomic E-state index is 13.6. The summed E-state index contributed by atoms with van der Waals surface area (Å²) in [4.78, 5) is 22.5. The number of anilines is 2. The Kier molecular flexibility index (Phi) is 6.35. The second-order valence-corrected chi connectivity index (χ2v) is 8.17. The number of piperidine rings is 1. The molecule has 0 saturated carbocycles. The van der Waals surface area contributed by atoms with Gasteiger partial charge in [0.1, 0.15) is 23.7 Å². The summed E-state index contributed by atoms with van der Waals surface area (Å²) < 4.78 is 19.3. The molecule has 0 radical (unpaired) electrons. The van der Waals surface area contributed by atoms with E-state index >= 15 is 0 Å². The van der Waals surface area contributed by atoms with Crippen molar-refractivity contribution in [3.8, 4) is 5.75 Å². The summed E-state index contributed by atoms with van der Waals surface area (Å²) in [5, 5.41) is 4.18. The maximum atomic E-state index is 13.6. The van der Waals surface area contributed by atoms with Gasteiger partial charge in [-0.3, -0.25) is 4.79 Å². The van der Waals surface area contributed by atoms with E-state index in [1.165, 1.54) is 18.5 Å². The first-order valence-corrected chi connectivity index (χ1v) is 10.7. The van der Waals surface area contributed by atoms with Gasteiger partial charge in [-0.25, -0.2) is 14.4 Å². The number of carbonyl (C=O) groups is 1. The molecule has 1 saturated heterocycles. The second-order valence-electron chi connectivity index (χ2n) is 8.17. The Morgan fingerprint density at radius 3 is 2.75 bits per heavy atom. The van der Waals surface area contributed by atoms with Crippen LogP contribution in [0.1, 0.15) is 24.0 Å². The average Bonchev–Trinajstić information content (AvgIpc) is 2.81. The Morgan fingerprint density at radius 1 is 1.28 bits per heavy atom. The second kappa shape index (κ2) is 9.34. The molecule has 0 aliphatic carbocycles. The standard InChI is InChI=1S/C25H27FN4O2/c1-4-24(31)30-9-7-17(8-10-30)12-18-13-20-22(14-23(18)32-3)27-15-28-25(20)29-19-5-6-21(26)16(2)11-19/h4-6,11,13-15,17H,1,7-10,12H2,2-3H3,(H,27,28,29). The lowest BCUT2D eigenvalue weighted by atomic mass is 9.89. The summed E-state index contributed by atoms with van der Waals surface area (Å²) in [6, 6.07) is 8.90. The number of hydrogen-bond acceptors (Lipinski definition) is 5. The Labute approximate surface area is 187 Å². The molecule has 1 fully saturated rings. The van der Waals surface area contributed by atoms with E-state index in [9.17, 15) is 9.18 Å². The van der Waals surface area contributed by atoms with E-state index in [-0.39, 0.29) is 11.7 Å². The number of aromatic nitrogens is 2. The molecule has 2 heterocycles. The number of benzene rings is 2. The lowest BCUT2D eigenvalue weighted by Crippen LogP contribution is -2.37. The first kappa shape index (κ1) is 21.7. The number of fused-ring (bicyclic) bond motifs is 1. The fourth-order valence-corrected chi connectivity index (χ4v) is 4.23. The van der Waals surface area contributed by atoms with Crippen LogP contribution < -0.4 is 10.1 Å². The molecule has 2 aromatic carbocycles. The molecule has 32 heavy (non-hydrogen) atoms. The molecular weight excluding hydrogens is 407 g/mol. The number of carbonyl (C=O) groups excluding carboxylic acids is 1. The quantitative estimate of drug-likeness (QED) is 0.565. The molecule has 0 spiro atoms. The molecule has 1 aliphatic rings. The minimum absolute atomic E-state index is 0.00405. The van der Waals surface area contributed by atoms with Crippen LogP contribution in [-0.4, -0.2) is 41.0 Å². The number of ether oxygens (including phenoxy) is 1. The summed E-state index contributed by atoms with van der Waals surface area (Å²) in [6.45, 7) is 6.79. The molecular formula is C25H27FN4O2. The molecule has 1 aliphatic heterocycles. The summed E-state index contributed by atoms with van der Waals surface area (Å²) >= 11 is 0. The first-order chi connectivity index (χ1) is 15.5. The fourth-order valence-electron chi connectivity index (χ4n) is 4.23. The van der Waals surface area contributed by atoms with Gasteiger partial charge in [-0.2, -0.15) is 0 Å². The van der Waals surface area contributed by atoms with Crippen LogP contribution in [0.15, 0.2) is 49.3 Å². The van der Waals surface area contributed by atoms with Crippen molar-refractivity contribution in [2.24, 2.45) is 5.92 Å². The van der Waals surface area contributed by atoms with Gasteiger partial charge < -0.3 is 15.0 Å². The number of aryl methyl sites for hydroxylation is 1. The third kappa shape index (κ3) is 4.56. The van der Waals surface area contributed by atoms with Crippen LogP contribution in [0.5, 0.6) is 5.75 Å². The third-order valence-electron chi connectivity index (χ3n) is 6.07. The minimum Gasteiger partial charge on any atom is -0.496 e. The summed E-state index contributed by atoms with van der Waals surface area (Å²) in [5.41, 5.74) is 3.19. The summed E-state index contributed by atoms with van der Waals surface area (Å²) in [5.74, 6) is 1.67. The van der Waals surface area contributed by atoms with Crippen LogP contribution in [0.3, 0.4) is 0 Å². The number of amides is 1. The summed E-state index contributed by atoms with van der Waals surface area (Å²) in [6.07, 6.45) is 5.60. The highest BCUT2D eigenvalue weighted by Crippen LogP contribution is 2.33. The van der Waals surface area contributed by atoms with Crippen molar-refractivity contribution >= 4 is 28.3 Å². The zero-order chi connectivity index (χ0) is 22.7. The zero-order valence-corrected chi connectivity index (χ0v) is 18.4. The lowest BCUT2D eigenvalue weighted by molar-refractivity contribution is -0.127. The highest BCUT2D eigenvalue weighted by Gasteiger charge is 2.23. The zero-order valence-electron chi connectivity index (χ0n) is 18.4. The topological polar surface area (TPSA) is 67.4 Å². The minimum atomic E-state index is -0.240. The Balaban J connectivity index is 1.60. The van der Waals surface area contributed by atoms with Gasteiger partial charge in [-0.1, -0.05) is 6.58 Å². The van der Waals surface area contributed by atoms with Crippen molar-refractivity contribution in [1.82, 2.24) is 14.9 Å². The van der Waals surface area contributed by atoms with Crippen molar-refractivity contribution in [2.75, 3.05) is 25.5 Å². The van der Waals surface area contributed by atoms with Crippen molar-refractivity contribution < 1.29 is 13.9 Å². The van der Waals surface area contributed by atoms with Crippen LogP contribution in [0.25, 0.3) is 10.9 Å². The van der Waals surface area contributed by atoms with Gasteiger partial charge in [0.15, 0.2) is 0 Å². The van der Waals surface area contributed by atoms with Crippen LogP contribution in [0.2, 0.25) is 0 Å². The first-order valence-electron chi connectivity index (χ1n) is 10.7. The number of nitrogens with one attached hydrogen (secondary N) is 1. The molecule has 0 unspecified atom stereocenters. The molecule has 1 aromatic heterocycles. The van der Waals surface area contributed by atoms with Crippen LogP contribution in [0, 0.1) is 18.7 Å². The molecule has 0 atom stereocenters. The number of likely N-dealkylation sites (tertiary alicyclic amines) is 1. The van der Waals surface area contributed by atoms with Gasteiger partial charge in [0.25, 0.3) is 0 Å². The van der Waals surface area contributed by atoms with Crippen LogP contribution in [0.4, 0.5) is 15.9 Å². The predicted molar refractivity (Wildman–Crippen MR) is 124 cm³/mol. The molecule has 166 valence electrons. The van der Waals surface area contributed by atoms with Gasteiger partial charge in [0.2, 0.25) is 5.91 Å². The Hall–Kier alpha value is -3.48. The van der Waals surface area contributed by atoms with Crippen molar-refractivity contribution in [2.45, 2.75) is 26.2 Å². The van der Waals surface area contributed by atoms with Crippen molar-refractivity contribution in [3.05, 3.63) is 66.3 Å². The van der Waals surface area contributed by atoms with Crippen LogP contribution in [-0.2, 0) is 11.2 Å². The predicted octanol–water partition coefficient (Wildman–Crippen LogP) is 4.80. The molecule has 0 bridgehead atoms. The molecule has 4 rings (SSSR count). The van der Waals surface area contributed by atoms with E-state index < -0.39 is 0 Å². The number of hydrogen-bond donors (Lipinski definition) is 1. The van der Waals surface area contributed by atoms with E-state index in [0.717, 1.165) is 60.3 Å². The van der Waals surface area contributed by atoms with Gasteiger partial charge in [-0.05, 0) is 73.6 Å². The van der Waals surface area contributed by atoms with Gasteiger partial charge in [-0.15, -0.1) is 0 Å². The third-order valence-corrected chi connectivity index (χ3v) is 6.07. The molecule has 6 nitrogen and oxygen atoms in total. The number of methoxy groups -OCH3 is 1.